The molecule has 0 aliphatic carbocycles. The molecule has 2 aromatic carbocycles. The van der Waals surface area contributed by atoms with Crippen LogP contribution in [0.4, 0.5) is 8.78 Å². The molecule has 186 valence electrons. The van der Waals surface area contributed by atoms with Crippen molar-refractivity contribution in [2.75, 3.05) is 26.3 Å². The summed E-state index contributed by atoms with van der Waals surface area (Å²) < 4.78 is 37.9. The van der Waals surface area contributed by atoms with Gasteiger partial charge in [-0.25, -0.2) is 18.6 Å². The van der Waals surface area contributed by atoms with Crippen molar-refractivity contribution < 1.29 is 27.9 Å². The molecule has 1 fully saturated rings. The molecule has 2 heterocycles. The molecular weight excluding hydrogens is 474 g/mol. The number of hydrogen-bond donors (Lipinski definition) is 0. The normalized spacial score (nSPS) is 18.2. The van der Waals surface area contributed by atoms with Gasteiger partial charge in [0.05, 0.1) is 30.8 Å². The minimum absolute atomic E-state index is 0.146. The van der Waals surface area contributed by atoms with Crippen molar-refractivity contribution in [2.45, 2.75) is 25.7 Å². The number of ether oxygens (including phenoxy) is 2. The Labute approximate surface area is 207 Å². The number of hydrogen-bond acceptors (Lipinski definition) is 7. The van der Waals surface area contributed by atoms with Crippen molar-refractivity contribution in [3.8, 4) is 11.5 Å². The van der Waals surface area contributed by atoms with E-state index in [9.17, 15) is 13.6 Å². The summed E-state index contributed by atoms with van der Waals surface area (Å²) in [5, 5.41) is 3.57. The highest BCUT2D eigenvalue weighted by molar-refractivity contribution is 7.07. The van der Waals surface area contributed by atoms with Crippen LogP contribution in [0.1, 0.15) is 25.0 Å². The first kappa shape index (κ1) is 25.1. The van der Waals surface area contributed by atoms with E-state index in [-0.39, 0.29) is 29.9 Å². The fraction of sp³-hybridized carbons (Fsp3) is 0.385. The zero-order valence-corrected chi connectivity index (χ0v) is 20.1. The standard InChI is InChI=1S/C26H28F2N2O4S/c27-21-1-5-24(6-2-21)32-13-10-19-9-12-30(34-26(31)15-23-17-35-18-29-23)16-20(19)11-14-33-25-7-3-22(28)4-8-25/h1-8,17-20H,9-16H2. The first-order valence-electron chi connectivity index (χ1n) is 11.6. The van der Waals surface area contributed by atoms with Gasteiger partial charge in [-0.05, 0) is 79.6 Å². The second kappa shape index (κ2) is 12.6. The molecule has 0 radical (unpaired) electrons. The fourth-order valence-electron chi connectivity index (χ4n) is 4.20. The van der Waals surface area contributed by atoms with Gasteiger partial charge in [-0.2, -0.15) is 0 Å². The number of piperidine rings is 1. The molecule has 1 aromatic heterocycles. The van der Waals surface area contributed by atoms with Crippen LogP contribution in [0.5, 0.6) is 11.5 Å². The van der Waals surface area contributed by atoms with E-state index in [0.717, 1.165) is 19.3 Å². The van der Waals surface area contributed by atoms with Gasteiger partial charge in [0.25, 0.3) is 0 Å². The summed E-state index contributed by atoms with van der Waals surface area (Å²) in [6.07, 6.45) is 2.56. The van der Waals surface area contributed by atoms with Gasteiger partial charge in [0.1, 0.15) is 23.1 Å². The third-order valence-corrected chi connectivity index (χ3v) is 6.67. The largest absolute Gasteiger partial charge is 0.494 e. The summed E-state index contributed by atoms with van der Waals surface area (Å²) >= 11 is 1.45. The molecule has 9 heteroatoms. The third kappa shape index (κ3) is 8.00. The van der Waals surface area contributed by atoms with Gasteiger partial charge in [0.2, 0.25) is 0 Å². The Balaban J connectivity index is 1.30. The fourth-order valence-corrected chi connectivity index (χ4v) is 4.76. The van der Waals surface area contributed by atoms with Gasteiger partial charge in [0.15, 0.2) is 0 Å². The highest BCUT2D eigenvalue weighted by atomic mass is 32.1. The SMILES string of the molecule is O=C(Cc1cscn1)ON1CCC(CCOc2ccc(F)cc2)C(CCOc2ccc(F)cc2)C1. The van der Waals surface area contributed by atoms with Crippen molar-refractivity contribution in [1.82, 2.24) is 10.0 Å². The maximum atomic E-state index is 13.1. The van der Waals surface area contributed by atoms with Gasteiger partial charge in [-0.3, -0.25) is 0 Å². The van der Waals surface area contributed by atoms with Crippen molar-refractivity contribution in [1.29, 1.82) is 0 Å². The van der Waals surface area contributed by atoms with Crippen LogP contribution in [0.25, 0.3) is 0 Å². The monoisotopic (exact) mass is 502 g/mol. The highest BCUT2D eigenvalue weighted by Crippen LogP contribution is 2.30. The summed E-state index contributed by atoms with van der Waals surface area (Å²) in [4.78, 5) is 22.1. The molecule has 0 bridgehead atoms. The maximum absolute atomic E-state index is 13.1. The summed E-state index contributed by atoms with van der Waals surface area (Å²) in [6.45, 7) is 2.21. The predicted octanol–water partition coefficient (Wildman–Crippen LogP) is 5.30. The Morgan fingerprint density at radius 1 is 0.943 bits per heavy atom. The molecule has 0 amide bonds. The number of halogens is 2. The number of nitrogens with zero attached hydrogens (tertiary/aromatic N) is 2. The number of carbonyl (C=O) groups excluding carboxylic acids is 1. The average molecular weight is 503 g/mol. The molecule has 1 aliphatic heterocycles. The van der Waals surface area contributed by atoms with E-state index in [2.05, 4.69) is 4.98 Å². The van der Waals surface area contributed by atoms with Crippen LogP contribution in [0.3, 0.4) is 0 Å². The lowest BCUT2D eigenvalue weighted by atomic mass is 9.82. The van der Waals surface area contributed by atoms with E-state index in [4.69, 9.17) is 14.3 Å². The Bertz CT molecular complexity index is 1050. The average Bonchev–Trinajstić information content (AvgIpc) is 3.36. The molecule has 2 atom stereocenters. The zero-order chi connectivity index (χ0) is 24.5. The predicted molar refractivity (Wildman–Crippen MR) is 128 cm³/mol. The lowest BCUT2D eigenvalue weighted by Gasteiger charge is -2.37. The molecule has 1 saturated heterocycles. The summed E-state index contributed by atoms with van der Waals surface area (Å²) in [6, 6.07) is 12.0. The zero-order valence-electron chi connectivity index (χ0n) is 19.3. The number of hydroxylamine groups is 2. The lowest BCUT2D eigenvalue weighted by molar-refractivity contribution is -0.202. The molecule has 0 N–H and O–H groups in total. The number of benzene rings is 2. The Hall–Kier alpha value is -3.04. The number of aromatic nitrogens is 1. The Kier molecular flexibility index (Phi) is 9.02. The molecule has 6 nitrogen and oxygen atoms in total. The van der Waals surface area contributed by atoms with Crippen molar-refractivity contribution in [2.24, 2.45) is 11.8 Å². The van der Waals surface area contributed by atoms with E-state index in [1.807, 2.05) is 5.38 Å². The van der Waals surface area contributed by atoms with Crippen LogP contribution < -0.4 is 9.47 Å². The van der Waals surface area contributed by atoms with Crippen molar-refractivity contribution in [3.63, 3.8) is 0 Å². The van der Waals surface area contributed by atoms with Crippen LogP contribution in [-0.4, -0.2) is 42.3 Å². The van der Waals surface area contributed by atoms with Gasteiger partial charge in [-0.1, -0.05) is 0 Å². The van der Waals surface area contributed by atoms with Crippen LogP contribution in [-0.2, 0) is 16.1 Å². The minimum Gasteiger partial charge on any atom is -0.494 e. The van der Waals surface area contributed by atoms with Crippen LogP contribution in [0, 0.1) is 23.5 Å². The quantitative estimate of drug-likeness (QED) is 0.355. The van der Waals surface area contributed by atoms with Gasteiger partial charge < -0.3 is 14.3 Å². The van der Waals surface area contributed by atoms with Crippen LogP contribution in [0.15, 0.2) is 59.4 Å². The van der Waals surface area contributed by atoms with Gasteiger partial charge in [-0.15, -0.1) is 16.4 Å². The van der Waals surface area contributed by atoms with Gasteiger partial charge in [0, 0.05) is 18.5 Å². The van der Waals surface area contributed by atoms with Crippen LogP contribution >= 0.6 is 11.3 Å². The molecule has 0 saturated carbocycles. The summed E-state index contributed by atoms with van der Waals surface area (Å²) in [7, 11) is 0. The smallest absolute Gasteiger partial charge is 0.331 e. The molecule has 0 spiro atoms. The molecule has 1 aliphatic rings. The summed E-state index contributed by atoms with van der Waals surface area (Å²) in [5.74, 6) is 0.890. The molecule has 2 unspecified atom stereocenters. The van der Waals surface area contributed by atoms with Crippen molar-refractivity contribution >= 4 is 17.3 Å². The van der Waals surface area contributed by atoms with E-state index in [1.54, 1.807) is 34.8 Å². The highest BCUT2D eigenvalue weighted by Gasteiger charge is 2.31. The minimum atomic E-state index is -0.324. The molecule has 35 heavy (non-hydrogen) atoms. The third-order valence-electron chi connectivity index (χ3n) is 6.04. The van der Waals surface area contributed by atoms with Crippen LogP contribution in [0.2, 0.25) is 0 Å². The first-order chi connectivity index (χ1) is 17.0. The number of carbonyl (C=O) groups is 1. The van der Waals surface area contributed by atoms with E-state index >= 15 is 0 Å². The topological polar surface area (TPSA) is 60.9 Å². The molecular formula is C26H28F2N2O4S. The maximum Gasteiger partial charge on any atom is 0.331 e. The summed E-state index contributed by atoms with van der Waals surface area (Å²) in [5.41, 5.74) is 2.40. The molecule has 3 aromatic rings. The molecule has 4 rings (SSSR count). The van der Waals surface area contributed by atoms with E-state index < -0.39 is 0 Å². The van der Waals surface area contributed by atoms with E-state index in [1.165, 1.54) is 35.6 Å². The van der Waals surface area contributed by atoms with Crippen molar-refractivity contribution in [3.05, 3.63) is 76.7 Å². The second-order valence-corrected chi connectivity index (χ2v) is 9.22. The van der Waals surface area contributed by atoms with E-state index in [0.29, 0.717) is 49.4 Å². The second-order valence-electron chi connectivity index (χ2n) is 8.50. The Morgan fingerprint density at radius 3 is 2.11 bits per heavy atom. The lowest BCUT2D eigenvalue weighted by Crippen LogP contribution is -2.42. The first-order valence-corrected chi connectivity index (χ1v) is 12.6. The number of rotatable bonds is 11. The van der Waals surface area contributed by atoms with Gasteiger partial charge >= 0.3 is 5.97 Å². The number of thiazole rings is 1. The Morgan fingerprint density at radius 2 is 1.54 bits per heavy atom.